The number of benzene rings is 2. The molecule has 7 heteroatoms. The third-order valence-electron chi connectivity index (χ3n) is 4.65. The van der Waals surface area contributed by atoms with Gasteiger partial charge in [0.2, 0.25) is 0 Å². The molecule has 1 amide bonds. The Kier molecular flexibility index (Phi) is 5.56. The summed E-state index contributed by atoms with van der Waals surface area (Å²) < 4.78 is 15.6. The van der Waals surface area contributed by atoms with Crippen LogP contribution in [0.25, 0.3) is 0 Å². The zero-order chi connectivity index (χ0) is 19.6. The van der Waals surface area contributed by atoms with Gasteiger partial charge in [0.25, 0.3) is 5.91 Å². The molecule has 1 heterocycles. The van der Waals surface area contributed by atoms with Gasteiger partial charge in [0.05, 0.1) is 21.3 Å². The highest BCUT2D eigenvalue weighted by Crippen LogP contribution is 2.34. The number of carbonyl (C=O) groups is 2. The maximum Gasteiger partial charge on any atom is 0.314 e. The van der Waals surface area contributed by atoms with Gasteiger partial charge in [-0.3, -0.25) is 9.59 Å². The monoisotopic (exact) mass is 389 g/mol. The molecule has 2 aromatic carbocycles. The molecule has 0 bridgehead atoms. The molecule has 0 saturated carbocycles. The second-order valence-corrected chi connectivity index (χ2v) is 6.61. The number of fused-ring (bicyclic) bond motifs is 1. The van der Waals surface area contributed by atoms with Crippen molar-refractivity contribution in [3.63, 3.8) is 0 Å². The van der Waals surface area contributed by atoms with Crippen molar-refractivity contribution in [2.45, 2.75) is 12.5 Å². The van der Waals surface area contributed by atoms with Gasteiger partial charge in [-0.1, -0.05) is 11.6 Å². The summed E-state index contributed by atoms with van der Waals surface area (Å²) in [6, 6.07) is 10.3. The van der Waals surface area contributed by atoms with E-state index in [-0.39, 0.29) is 12.5 Å². The molecular formula is C20H20ClNO5. The molecule has 142 valence electrons. The van der Waals surface area contributed by atoms with Crippen molar-refractivity contribution in [2.24, 2.45) is 0 Å². The molecule has 0 fully saturated rings. The second-order valence-electron chi connectivity index (χ2n) is 6.17. The summed E-state index contributed by atoms with van der Waals surface area (Å²) >= 11 is 6.07. The lowest BCUT2D eigenvalue weighted by Gasteiger charge is -2.33. The number of amides is 1. The predicted octanol–water partition coefficient (Wildman–Crippen LogP) is 3.27. The van der Waals surface area contributed by atoms with Crippen molar-refractivity contribution in [3.05, 3.63) is 58.1 Å². The Labute approximate surface area is 162 Å². The zero-order valence-corrected chi connectivity index (χ0v) is 16.1. The molecule has 3 rings (SSSR count). The van der Waals surface area contributed by atoms with Crippen molar-refractivity contribution >= 4 is 23.5 Å². The van der Waals surface area contributed by atoms with Crippen LogP contribution >= 0.6 is 11.6 Å². The van der Waals surface area contributed by atoms with Crippen LogP contribution < -0.4 is 9.47 Å². The van der Waals surface area contributed by atoms with Gasteiger partial charge in [-0.25, -0.2) is 0 Å². The lowest BCUT2D eigenvalue weighted by atomic mass is 9.89. The van der Waals surface area contributed by atoms with Crippen molar-refractivity contribution in [1.29, 1.82) is 0 Å². The summed E-state index contributed by atoms with van der Waals surface area (Å²) in [5.74, 6) is 0.106. The Morgan fingerprint density at radius 1 is 1.15 bits per heavy atom. The van der Waals surface area contributed by atoms with Gasteiger partial charge in [0.15, 0.2) is 0 Å². The number of hydrogen-bond acceptors (Lipinski definition) is 5. The lowest BCUT2D eigenvalue weighted by Crippen LogP contribution is -2.42. The Balaban J connectivity index is 1.96. The average molecular weight is 390 g/mol. The van der Waals surface area contributed by atoms with Gasteiger partial charge in [-0.05, 0) is 35.9 Å². The van der Waals surface area contributed by atoms with Crippen LogP contribution in [-0.4, -0.2) is 44.7 Å². The molecule has 1 aliphatic rings. The highest BCUT2D eigenvalue weighted by atomic mass is 35.5. The first-order valence-electron chi connectivity index (χ1n) is 8.36. The van der Waals surface area contributed by atoms with Crippen LogP contribution in [0.3, 0.4) is 0 Å². The van der Waals surface area contributed by atoms with E-state index in [1.165, 1.54) is 7.11 Å². The average Bonchev–Trinajstić information content (AvgIpc) is 2.69. The second kappa shape index (κ2) is 7.88. The molecule has 0 aromatic heterocycles. The minimum absolute atomic E-state index is 0.167. The normalized spacial score (nSPS) is 15.9. The van der Waals surface area contributed by atoms with Gasteiger partial charge < -0.3 is 19.1 Å². The van der Waals surface area contributed by atoms with E-state index in [4.69, 9.17) is 25.8 Å². The fourth-order valence-corrected chi connectivity index (χ4v) is 3.44. The molecule has 0 radical (unpaired) electrons. The SMILES string of the molecule is COC(=O)[C@@H]1CN(Cc2ccc(OC)cc2OC)C(=O)c2ccc(Cl)cc21. The number of hydrogen-bond donors (Lipinski definition) is 0. The molecule has 0 aliphatic carbocycles. The van der Waals surface area contributed by atoms with Crippen LogP contribution in [0.15, 0.2) is 36.4 Å². The summed E-state index contributed by atoms with van der Waals surface area (Å²) in [4.78, 5) is 26.9. The van der Waals surface area contributed by atoms with E-state index in [9.17, 15) is 9.59 Å². The number of rotatable bonds is 5. The lowest BCUT2D eigenvalue weighted by molar-refractivity contribution is -0.142. The van der Waals surface area contributed by atoms with E-state index in [2.05, 4.69) is 0 Å². The molecule has 0 spiro atoms. The van der Waals surface area contributed by atoms with E-state index in [1.54, 1.807) is 49.5 Å². The molecular weight excluding hydrogens is 370 g/mol. The van der Waals surface area contributed by atoms with Gasteiger partial charge in [-0.15, -0.1) is 0 Å². The van der Waals surface area contributed by atoms with E-state index in [0.29, 0.717) is 34.2 Å². The molecule has 1 aliphatic heterocycles. The smallest absolute Gasteiger partial charge is 0.314 e. The quantitative estimate of drug-likeness (QED) is 0.734. The highest BCUT2D eigenvalue weighted by Gasteiger charge is 2.36. The maximum absolute atomic E-state index is 13.0. The van der Waals surface area contributed by atoms with E-state index in [0.717, 1.165) is 5.56 Å². The molecule has 1 atom stereocenters. The summed E-state index contributed by atoms with van der Waals surface area (Å²) in [6.07, 6.45) is 0. The molecule has 0 unspecified atom stereocenters. The summed E-state index contributed by atoms with van der Waals surface area (Å²) in [5.41, 5.74) is 1.86. The predicted molar refractivity (Wildman–Crippen MR) is 100 cm³/mol. The first-order valence-corrected chi connectivity index (χ1v) is 8.73. The van der Waals surface area contributed by atoms with Gasteiger partial charge >= 0.3 is 5.97 Å². The standard InChI is InChI=1S/C20H20ClNO5/c1-25-14-6-4-12(18(9-14)26-2)10-22-11-17(20(24)27-3)16-8-13(21)5-7-15(16)19(22)23/h4-9,17H,10-11H2,1-3H3/t17-/m1/s1. The summed E-state index contributed by atoms with van der Waals surface area (Å²) in [5, 5.41) is 0.473. The molecule has 0 saturated heterocycles. The van der Waals surface area contributed by atoms with Gasteiger partial charge in [0, 0.05) is 35.3 Å². The highest BCUT2D eigenvalue weighted by molar-refractivity contribution is 6.30. The Hall–Kier alpha value is -2.73. The third kappa shape index (κ3) is 3.71. The number of methoxy groups -OCH3 is 3. The Morgan fingerprint density at radius 3 is 2.59 bits per heavy atom. The third-order valence-corrected chi connectivity index (χ3v) is 4.89. The number of carbonyl (C=O) groups excluding carboxylic acids is 2. The van der Waals surface area contributed by atoms with Crippen LogP contribution in [-0.2, 0) is 16.1 Å². The number of nitrogens with zero attached hydrogens (tertiary/aromatic N) is 1. The van der Waals surface area contributed by atoms with Crippen molar-refractivity contribution in [1.82, 2.24) is 4.90 Å². The van der Waals surface area contributed by atoms with Crippen LogP contribution in [0.2, 0.25) is 5.02 Å². The minimum atomic E-state index is -0.592. The Morgan fingerprint density at radius 2 is 1.93 bits per heavy atom. The molecule has 2 aromatic rings. The van der Waals surface area contributed by atoms with Crippen molar-refractivity contribution in [3.8, 4) is 11.5 Å². The molecule has 27 heavy (non-hydrogen) atoms. The van der Waals surface area contributed by atoms with E-state index < -0.39 is 11.9 Å². The fraction of sp³-hybridized carbons (Fsp3) is 0.300. The van der Waals surface area contributed by atoms with Crippen LogP contribution in [0.4, 0.5) is 0 Å². The van der Waals surface area contributed by atoms with Crippen LogP contribution in [0.1, 0.15) is 27.4 Å². The molecule has 0 N–H and O–H groups in total. The first-order chi connectivity index (χ1) is 13.0. The van der Waals surface area contributed by atoms with Crippen LogP contribution in [0, 0.1) is 0 Å². The molecule has 6 nitrogen and oxygen atoms in total. The largest absolute Gasteiger partial charge is 0.497 e. The topological polar surface area (TPSA) is 65.1 Å². The van der Waals surface area contributed by atoms with E-state index >= 15 is 0 Å². The number of esters is 1. The van der Waals surface area contributed by atoms with Crippen molar-refractivity contribution in [2.75, 3.05) is 27.9 Å². The fourth-order valence-electron chi connectivity index (χ4n) is 3.26. The van der Waals surface area contributed by atoms with E-state index in [1.807, 2.05) is 6.07 Å². The number of ether oxygens (including phenoxy) is 3. The zero-order valence-electron chi connectivity index (χ0n) is 15.3. The van der Waals surface area contributed by atoms with Gasteiger partial charge in [-0.2, -0.15) is 0 Å². The summed E-state index contributed by atoms with van der Waals surface area (Å²) in [7, 11) is 4.47. The number of halogens is 1. The van der Waals surface area contributed by atoms with Crippen LogP contribution in [0.5, 0.6) is 11.5 Å². The minimum Gasteiger partial charge on any atom is -0.497 e. The summed E-state index contributed by atoms with van der Waals surface area (Å²) in [6.45, 7) is 0.496. The Bertz CT molecular complexity index is 883. The van der Waals surface area contributed by atoms with Gasteiger partial charge in [0.1, 0.15) is 17.4 Å². The van der Waals surface area contributed by atoms with Crippen molar-refractivity contribution < 1.29 is 23.8 Å². The maximum atomic E-state index is 13.0. The first kappa shape index (κ1) is 19.0.